The molecule has 3 heterocycles. The van der Waals surface area contributed by atoms with E-state index in [1.807, 2.05) is 62.4 Å². The molecule has 1 spiro atoms. The molecule has 3 saturated heterocycles. The standard InChI is InChI=1S/C26H26N2O5/c1-15-9-10-19(11-16(15)2)28-23-25(32)27(14-18-7-5-4-6-8-18)21(12-17(3)29)26(23)20(24(28)31)13-22(30)33-26/h4-11,20-21,23H,12-14H2,1-3H3/t20-,21+,23+,26-/m1/s1. The second-order valence-corrected chi connectivity index (χ2v) is 9.34. The minimum absolute atomic E-state index is 0.0207. The van der Waals surface area contributed by atoms with E-state index >= 15 is 0 Å². The zero-order valence-electron chi connectivity index (χ0n) is 18.9. The summed E-state index contributed by atoms with van der Waals surface area (Å²) in [4.78, 5) is 55.5. The Bertz CT molecular complexity index is 1180. The van der Waals surface area contributed by atoms with Gasteiger partial charge >= 0.3 is 5.97 Å². The predicted octanol–water partition coefficient (Wildman–Crippen LogP) is 2.71. The van der Waals surface area contributed by atoms with Crippen molar-refractivity contribution in [1.82, 2.24) is 4.90 Å². The smallest absolute Gasteiger partial charge is 0.307 e. The number of amides is 2. The minimum atomic E-state index is -1.37. The number of nitrogens with zero attached hydrogens (tertiary/aromatic N) is 2. The molecule has 7 heteroatoms. The van der Waals surface area contributed by atoms with E-state index in [1.54, 1.807) is 4.90 Å². The highest BCUT2D eigenvalue weighted by atomic mass is 16.6. The van der Waals surface area contributed by atoms with Crippen LogP contribution in [0.25, 0.3) is 0 Å². The van der Waals surface area contributed by atoms with Crippen LogP contribution >= 0.6 is 0 Å². The third kappa shape index (κ3) is 3.09. The molecule has 2 aromatic rings. The number of rotatable bonds is 5. The molecule has 2 aromatic carbocycles. The Morgan fingerprint density at radius 1 is 1.03 bits per heavy atom. The summed E-state index contributed by atoms with van der Waals surface area (Å²) in [6.45, 7) is 5.66. The number of ether oxygens (including phenoxy) is 1. The van der Waals surface area contributed by atoms with Crippen molar-refractivity contribution in [3.05, 3.63) is 65.2 Å². The first kappa shape index (κ1) is 21.4. The van der Waals surface area contributed by atoms with E-state index in [1.165, 1.54) is 11.8 Å². The lowest BCUT2D eigenvalue weighted by Gasteiger charge is -2.34. The Kier molecular flexibility index (Phi) is 4.88. The van der Waals surface area contributed by atoms with Crippen LogP contribution in [0.5, 0.6) is 0 Å². The zero-order valence-corrected chi connectivity index (χ0v) is 18.9. The number of esters is 1. The van der Waals surface area contributed by atoms with Crippen molar-refractivity contribution >= 4 is 29.3 Å². The molecule has 0 radical (unpaired) electrons. The lowest BCUT2D eigenvalue weighted by molar-refractivity contribution is -0.152. The number of anilines is 1. The first-order valence-electron chi connectivity index (χ1n) is 11.2. The Labute approximate surface area is 192 Å². The van der Waals surface area contributed by atoms with E-state index in [4.69, 9.17) is 4.74 Å². The maximum atomic E-state index is 13.9. The van der Waals surface area contributed by atoms with Crippen LogP contribution in [-0.2, 0) is 30.5 Å². The highest BCUT2D eigenvalue weighted by molar-refractivity contribution is 6.11. The van der Waals surface area contributed by atoms with Crippen molar-refractivity contribution in [1.29, 1.82) is 0 Å². The van der Waals surface area contributed by atoms with Crippen molar-refractivity contribution in [2.45, 2.75) is 57.8 Å². The van der Waals surface area contributed by atoms with Gasteiger partial charge in [-0.15, -0.1) is 0 Å². The van der Waals surface area contributed by atoms with Crippen LogP contribution < -0.4 is 4.90 Å². The van der Waals surface area contributed by atoms with E-state index in [9.17, 15) is 19.2 Å². The van der Waals surface area contributed by atoms with Crippen LogP contribution in [0.2, 0.25) is 0 Å². The third-order valence-electron chi connectivity index (χ3n) is 7.29. The van der Waals surface area contributed by atoms with Crippen molar-refractivity contribution in [3.63, 3.8) is 0 Å². The molecule has 7 nitrogen and oxygen atoms in total. The number of benzene rings is 2. The molecule has 2 amide bonds. The average Bonchev–Trinajstić information content (AvgIpc) is 3.30. The largest absolute Gasteiger partial charge is 0.453 e. The van der Waals surface area contributed by atoms with Crippen LogP contribution in [0.4, 0.5) is 5.69 Å². The molecule has 0 aromatic heterocycles. The van der Waals surface area contributed by atoms with Gasteiger partial charge in [-0.05, 0) is 49.6 Å². The molecule has 4 atom stereocenters. The molecule has 3 aliphatic rings. The van der Waals surface area contributed by atoms with Crippen LogP contribution in [0.3, 0.4) is 0 Å². The summed E-state index contributed by atoms with van der Waals surface area (Å²) in [6.07, 6.45) is -0.0650. The van der Waals surface area contributed by atoms with E-state index in [0.29, 0.717) is 5.69 Å². The number of carbonyl (C=O) groups is 4. The van der Waals surface area contributed by atoms with Gasteiger partial charge < -0.3 is 9.64 Å². The molecule has 0 aliphatic carbocycles. The SMILES string of the molecule is CC(=O)C[C@@H]1N(Cc2ccccc2)C(=O)[C@@H]2N(c3ccc(C)c(C)c3)C(=O)[C@H]3CC(=O)O[C@]312. The first-order chi connectivity index (χ1) is 15.7. The predicted molar refractivity (Wildman–Crippen MR) is 120 cm³/mol. The zero-order chi connectivity index (χ0) is 23.5. The second-order valence-electron chi connectivity index (χ2n) is 9.34. The Hall–Kier alpha value is -3.48. The van der Waals surface area contributed by atoms with Gasteiger partial charge in [-0.3, -0.25) is 24.1 Å². The molecule has 3 aliphatic heterocycles. The lowest BCUT2D eigenvalue weighted by Crippen LogP contribution is -2.52. The fourth-order valence-corrected chi connectivity index (χ4v) is 5.66. The summed E-state index contributed by atoms with van der Waals surface area (Å²) in [5.41, 5.74) is 2.21. The minimum Gasteiger partial charge on any atom is -0.453 e. The van der Waals surface area contributed by atoms with Crippen molar-refractivity contribution in [3.8, 4) is 0 Å². The maximum absolute atomic E-state index is 13.9. The van der Waals surface area contributed by atoms with Gasteiger partial charge in [0.1, 0.15) is 5.78 Å². The number of ketones is 1. The molecule has 5 rings (SSSR count). The van der Waals surface area contributed by atoms with E-state index < -0.39 is 29.6 Å². The fraction of sp³-hybridized carbons (Fsp3) is 0.385. The number of carbonyl (C=O) groups excluding carboxylic acids is 4. The normalized spacial score (nSPS) is 28.2. The van der Waals surface area contributed by atoms with Gasteiger partial charge in [-0.1, -0.05) is 36.4 Å². The molecular weight excluding hydrogens is 420 g/mol. The van der Waals surface area contributed by atoms with Crippen LogP contribution in [0, 0.1) is 19.8 Å². The number of hydrogen-bond donors (Lipinski definition) is 0. The lowest BCUT2D eigenvalue weighted by atomic mass is 9.80. The molecule has 0 unspecified atom stereocenters. The van der Waals surface area contributed by atoms with E-state index in [-0.39, 0.29) is 37.0 Å². The number of aryl methyl sites for hydroxylation is 2. The quantitative estimate of drug-likeness (QED) is 0.660. The van der Waals surface area contributed by atoms with Gasteiger partial charge in [0.05, 0.1) is 18.4 Å². The number of Topliss-reactive ketones (excluding diaryl/α,β-unsaturated/α-hetero) is 1. The maximum Gasteiger partial charge on any atom is 0.307 e. The highest BCUT2D eigenvalue weighted by Gasteiger charge is 2.77. The molecule has 0 bridgehead atoms. The summed E-state index contributed by atoms with van der Waals surface area (Å²) < 4.78 is 5.91. The van der Waals surface area contributed by atoms with Gasteiger partial charge in [-0.25, -0.2) is 0 Å². The number of likely N-dealkylation sites (tertiary alicyclic amines) is 1. The van der Waals surface area contributed by atoms with Gasteiger partial charge in [0.15, 0.2) is 11.6 Å². The van der Waals surface area contributed by atoms with Crippen LogP contribution in [0.1, 0.15) is 36.5 Å². The fourth-order valence-electron chi connectivity index (χ4n) is 5.66. The molecule has 33 heavy (non-hydrogen) atoms. The summed E-state index contributed by atoms with van der Waals surface area (Å²) in [5, 5.41) is 0. The third-order valence-corrected chi connectivity index (χ3v) is 7.29. The van der Waals surface area contributed by atoms with Crippen LogP contribution in [-0.4, -0.2) is 46.2 Å². The average molecular weight is 447 g/mol. The van der Waals surface area contributed by atoms with E-state index in [2.05, 4.69) is 0 Å². The molecule has 0 N–H and O–H groups in total. The Morgan fingerprint density at radius 2 is 1.76 bits per heavy atom. The van der Waals surface area contributed by atoms with Crippen molar-refractivity contribution in [2.24, 2.45) is 5.92 Å². The summed E-state index contributed by atoms with van der Waals surface area (Å²) in [5.74, 6) is -2.02. The summed E-state index contributed by atoms with van der Waals surface area (Å²) in [7, 11) is 0. The van der Waals surface area contributed by atoms with Crippen molar-refractivity contribution < 1.29 is 23.9 Å². The Balaban J connectivity index is 1.65. The summed E-state index contributed by atoms with van der Waals surface area (Å²) >= 11 is 0. The molecule has 170 valence electrons. The first-order valence-corrected chi connectivity index (χ1v) is 11.2. The molecule has 0 saturated carbocycles. The Morgan fingerprint density at radius 3 is 2.42 bits per heavy atom. The molecule has 3 fully saturated rings. The number of hydrogen-bond acceptors (Lipinski definition) is 5. The topological polar surface area (TPSA) is 84.0 Å². The second kappa shape index (κ2) is 7.54. The van der Waals surface area contributed by atoms with E-state index in [0.717, 1.165) is 16.7 Å². The van der Waals surface area contributed by atoms with Gasteiger partial charge in [0, 0.05) is 18.7 Å². The highest BCUT2D eigenvalue weighted by Crippen LogP contribution is 2.55. The monoisotopic (exact) mass is 446 g/mol. The summed E-state index contributed by atoms with van der Waals surface area (Å²) in [6, 6.07) is 13.4. The van der Waals surface area contributed by atoms with Gasteiger partial charge in [-0.2, -0.15) is 0 Å². The molecular formula is C26H26N2O5. The van der Waals surface area contributed by atoms with Crippen molar-refractivity contribution in [2.75, 3.05) is 4.90 Å². The van der Waals surface area contributed by atoms with Crippen LogP contribution in [0.15, 0.2) is 48.5 Å². The van der Waals surface area contributed by atoms with Gasteiger partial charge in [0.2, 0.25) is 5.91 Å². The van der Waals surface area contributed by atoms with Gasteiger partial charge in [0.25, 0.3) is 5.91 Å².